The number of benzene rings is 2. The highest BCUT2D eigenvalue weighted by molar-refractivity contribution is 7.90. The number of fused-ring (bicyclic) bond motifs is 1. The van der Waals surface area contributed by atoms with Gasteiger partial charge in [-0.15, -0.1) is 0 Å². The van der Waals surface area contributed by atoms with Crippen LogP contribution in [-0.4, -0.2) is 28.4 Å². The van der Waals surface area contributed by atoms with Gasteiger partial charge in [-0.05, 0) is 48.6 Å². The second-order valence-corrected chi connectivity index (χ2v) is 9.07. The lowest BCUT2D eigenvalue weighted by Gasteiger charge is -2.27. The summed E-state index contributed by atoms with van der Waals surface area (Å²) in [5, 5.41) is 0.666. The van der Waals surface area contributed by atoms with Crippen molar-refractivity contribution in [2.75, 3.05) is 19.0 Å². The highest BCUT2D eigenvalue weighted by Gasteiger charge is 2.32. The van der Waals surface area contributed by atoms with E-state index in [1.54, 1.807) is 18.2 Å². The van der Waals surface area contributed by atoms with Crippen molar-refractivity contribution in [1.29, 1.82) is 0 Å². The van der Waals surface area contributed by atoms with E-state index in [-0.39, 0.29) is 11.7 Å². The Hall–Kier alpha value is -2.87. The lowest BCUT2D eigenvalue weighted by Crippen LogP contribution is -2.32. The molecule has 1 amide bonds. The number of anilines is 1. The molecule has 152 valence electrons. The van der Waals surface area contributed by atoms with Gasteiger partial charge in [0.25, 0.3) is 10.0 Å². The van der Waals surface area contributed by atoms with Gasteiger partial charge in [-0.2, -0.15) is 0 Å². The minimum atomic E-state index is -4.39. The molecule has 1 aromatic heterocycles. The standard InChI is InChI=1S/C21H21FN2O4S/c1-24(2)15-10-9-14-11-19(28-18(14)12-15)21(25)23-29(26,27)20-16(13-5-3-6-13)7-4-8-17(20)22/h4,7-13H,3,5-6H2,1-2H3,(H,23,25). The molecule has 6 nitrogen and oxygen atoms in total. The molecule has 1 fully saturated rings. The second kappa shape index (κ2) is 7.18. The molecule has 0 radical (unpaired) electrons. The summed E-state index contributed by atoms with van der Waals surface area (Å²) in [6.45, 7) is 0. The van der Waals surface area contributed by atoms with E-state index in [0.29, 0.717) is 16.5 Å². The molecule has 0 spiro atoms. The minimum Gasteiger partial charge on any atom is -0.451 e. The van der Waals surface area contributed by atoms with E-state index < -0.39 is 26.6 Å². The lowest BCUT2D eigenvalue weighted by atomic mass is 9.80. The van der Waals surface area contributed by atoms with Gasteiger partial charge in [-0.3, -0.25) is 4.79 Å². The first-order valence-electron chi connectivity index (χ1n) is 9.33. The third kappa shape index (κ3) is 3.60. The Bertz CT molecular complexity index is 1200. The summed E-state index contributed by atoms with van der Waals surface area (Å²) in [5.74, 6) is -1.96. The number of nitrogens with one attached hydrogen (secondary N) is 1. The van der Waals surface area contributed by atoms with Crippen molar-refractivity contribution in [2.24, 2.45) is 0 Å². The van der Waals surface area contributed by atoms with Crippen molar-refractivity contribution in [3.8, 4) is 0 Å². The summed E-state index contributed by atoms with van der Waals surface area (Å²) >= 11 is 0. The maximum atomic E-state index is 14.4. The maximum absolute atomic E-state index is 14.4. The molecular weight excluding hydrogens is 395 g/mol. The normalized spacial score (nSPS) is 14.6. The molecule has 0 aliphatic heterocycles. The molecular formula is C21H21FN2O4S. The van der Waals surface area contributed by atoms with E-state index in [0.717, 1.165) is 31.0 Å². The number of carbonyl (C=O) groups excluding carboxylic acids is 1. The fourth-order valence-corrected chi connectivity index (χ4v) is 4.80. The van der Waals surface area contributed by atoms with E-state index in [1.807, 2.05) is 29.8 Å². The zero-order valence-electron chi connectivity index (χ0n) is 16.1. The number of hydrogen-bond donors (Lipinski definition) is 1. The topological polar surface area (TPSA) is 79.6 Å². The van der Waals surface area contributed by atoms with E-state index >= 15 is 0 Å². The summed E-state index contributed by atoms with van der Waals surface area (Å²) in [6.07, 6.45) is 2.58. The first kappa shape index (κ1) is 19.4. The predicted molar refractivity (Wildman–Crippen MR) is 108 cm³/mol. The Labute approximate surface area is 168 Å². The number of carbonyl (C=O) groups is 1. The lowest BCUT2D eigenvalue weighted by molar-refractivity contribution is 0.0956. The summed E-state index contributed by atoms with van der Waals surface area (Å²) < 4.78 is 47.6. The number of furan rings is 1. The first-order chi connectivity index (χ1) is 13.8. The molecule has 1 saturated carbocycles. The largest absolute Gasteiger partial charge is 0.451 e. The van der Waals surface area contributed by atoms with Crippen LogP contribution < -0.4 is 9.62 Å². The predicted octanol–water partition coefficient (Wildman–Crippen LogP) is 4.02. The van der Waals surface area contributed by atoms with Gasteiger partial charge in [0.05, 0.1) is 0 Å². The summed E-state index contributed by atoms with van der Waals surface area (Å²) in [4.78, 5) is 14.0. The van der Waals surface area contributed by atoms with E-state index in [1.165, 1.54) is 12.1 Å². The average molecular weight is 416 g/mol. The number of amides is 1. The van der Waals surface area contributed by atoms with Gasteiger partial charge in [0.2, 0.25) is 0 Å². The van der Waals surface area contributed by atoms with Crippen LogP contribution in [0.1, 0.15) is 41.3 Å². The molecule has 0 unspecified atom stereocenters. The highest BCUT2D eigenvalue weighted by atomic mass is 32.2. The monoisotopic (exact) mass is 416 g/mol. The summed E-state index contributed by atoms with van der Waals surface area (Å²) in [7, 11) is -0.645. The van der Waals surface area contributed by atoms with Crippen molar-refractivity contribution in [2.45, 2.75) is 30.1 Å². The summed E-state index contributed by atoms with van der Waals surface area (Å²) in [5.41, 5.74) is 1.75. The molecule has 8 heteroatoms. The molecule has 0 bridgehead atoms. The van der Waals surface area contributed by atoms with Crippen LogP contribution in [0.25, 0.3) is 11.0 Å². The van der Waals surface area contributed by atoms with E-state index in [9.17, 15) is 17.6 Å². The molecule has 1 heterocycles. The molecule has 0 saturated heterocycles. The third-order valence-electron chi connectivity index (χ3n) is 5.28. The van der Waals surface area contributed by atoms with Crippen LogP contribution in [0.3, 0.4) is 0 Å². The average Bonchev–Trinajstić information content (AvgIpc) is 3.03. The quantitative estimate of drug-likeness (QED) is 0.679. The summed E-state index contributed by atoms with van der Waals surface area (Å²) in [6, 6.07) is 11.1. The van der Waals surface area contributed by atoms with Crippen LogP contribution in [0, 0.1) is 5.82 Å². The number of sulfonamides is 1. The van der Waals surface area contributed by atoms with Gasteiger partial charge in [0.15, 0.2) is 5.76 Å². The Morgan fingerprint density at radius 1 is 1.17 bits per heavy atom. The van der Waals surface area contributed by atoms with E-state index in [4.69, 9.17) is 4.42 Å². The fraction of sp³-hybridized carbons (Fsp3) is 0.286. The van der Waals surface area contributed by atoms with Crippen LogP contribution in [0.5, 0.6) is 0 Å². The van der Waals surface area contributed by atoms with Gasteiger partial charge >= 0.3 is 5.91 Å². The molecule has 4 rings (SSSR count). The highest BCUT2D eigenvalue weighted by Crippen LogP contribution is 2.40. The molecule has 2 aromatic carbocycles. The zero-order valence-corrected chi connectivity index (χ0v) is 16.9. The van der Waals surface area contributed by atoms with Crippen LogP contribution in [0.2, 0.25) is 0 Å². The van der Waals surface area contributed by atoms with Gasteiger partial charge in [-0.25, -0.2) is 17.5 Å². The third-order valence-corrected chi connectivity index (χ3v) is 6.70. The Morgan fingerprint density at radius 3 is 2.59 bits per heavy atom. The minimum absolute atomic E-state index is 0.0111. The van der Waals surface area contributed by atoms with Gasteiger partial charge in [0, 0.05) is 31.2 Å². The zero-order chi connectivity index (χ0) is 20.8. The fourth-order valence-electron chi connectivity index (χ4n) is 3.48. The molecule has 1 aliphatic rings. The van der Waals surface area contributed by atoms with Crippen molar-refractivity contribution >= 4 is 32.6 Å². The second-order valence-electron chi connectivity index (χ2n) is 7.45. The number of rotatable bonds is 5. The van der Waals surface area contributed by atoms with Crippen molar-refractivity contribution in [3.05, 3.63) is 59.6 Å². The Kier molecular flexibility index (Phi) is 4.82. The Morgan fingerprint density at radius 2 is 1.93 bits per heavy atom. The Balaban J connectivity index is 1.65. The molecule has 1 N–H and O–H groups in total. The number of halogens is 1. The van der Waals surface area contributed by atoms with Gasteiger partial charge < -0.3 is 9.32 Å². The molecule has 1 aliphatic carbocycles. The van der Waals surface area contributed by atoms with Crippen LogP contribution in [0.15, 0.2) is 51.8 Å². The first-order valence-corrected chi connectivity index (χ1v) is 10.8. The molecule has 29 heavy (non-hydrogen) atoms. The smallest absolute Gasteiger partial charge is 0.300 e. The van der Waals surface area contributed by atoms with Gasteiger partial charge in [-0.1, -0.05) is 18.6 Å². The SMILES string of the molecule is CN(C)c1ccc2cc(C(=O)NS(=O)(=O)c3c(F)cccc3C3CCC3)oc2c1. The van der Waals surface area contributed by atoms with Gasteiger partial charge in [0.1, 0.15) is 16.3 Å². The van der Waals surface area contributed by atoms with Crippen LogP contribution in [-0.2, 0) is 10.0 Å². The molecule has 3 aromatic rings. The van der Waals surface area contributed by atoms with E-state index in [2.05, 4.69) is 0 Å². The van der Waals surface area contributed by atoms with Crippen LogP contribution in [0.4, 0.5) is 10.1 Å². The number of nitrogens with zero attached hydrogens (tertiary/aromatic N) is 1. The van der Waals surface area contributed by atoms with Crippen molar-refractivity contribution in [1.82, 2.24) is 4.72 Å². The van der Waals surface area contributed by atoms with Crippen LogP contribution >= 0.6 is 0 Å². The van der Waals surface area contributed by atoms with Crippen molar-refractivity contribution in [3.63, 3.8) is 0 Å². The number of hydrogen-bond acceptors (Lipinski definition) is 5. The van der Waals surface area contributed by atoms with Crippen molar-refractivity contribution < 1.29 is 22.0 Å². The maximum Gasteiger partial charge on any atom is 0.300 e. The molecule has 0 atom stereocenters.